The van der Waals surface area contributed by atoms with Crippen LogP contribution < -0.4 is 14.8 Å². The van der Waals surface area contributed by atoms with Crippen molar-refractivity contribution in [3.63, 3.8) is 0 Å². The highest BCUT2D eigenvalue weighted by atomic mass is 16.5. The van der Waals surface area contributed by atoms with Crippen molar-refractivity contribution in [1.82, 2.24) is 0 Å². The van der Waals surface area contributed by atoms with Crippen LogP contribution in [0, 0.1) is 0 Å². The van der Waals surface area contributed by atoms with Crippen molar-refractivity contribution in [3.05, 3.63) is 95.6 Å². The number of benzene rings is 3. The maximum absolute atomic E-state index is 10.2. The molecule has 0 heterocycles. The predicted molar refractivity (Wildman–Crippen MR) is 120 cm³/mol. The fourth-order valence-corrected chi connectivity index (χ4v) is 3.45. The number of hydrogen-bond donors (Lipinski definition) is 2. The second-order valence-corrected chi connectivity index (χ2v) is 8.06. The Labute approximate surface area is 179 Å². The average molecular weight is 407 g/mol. The van der Waals surface area contributed by atoms with Crippen LogP contribution in [-0.2, 0) is 12.0 Å². The van der Waals surface area contributed by atoms with Gasteiger partial charge in [0, 0.05) is 11.0 Å². The third-order valence-electron chi connectivity index (χ3n) is 5.49. The van der Waals surface area contributed by atoms with E-state index in [2.05, 4.69) is 55.6 Å². The molecule has 1 atom stereocenters. The van der Waals surface area contributed by atoms with Crippen LogP contribution in [0.15, 0.2) is 78.9 Å². The number of nitrogens with two attached hydrogens (primary N) is 1. The third kappa shape index (κ3) is 5.85. The molecular weight excluding hydrogens is 374 g/mol. The van der Waals surface area contributed by atoms with E-state index in [4.69, 9.17) is 9.47 Å². The summed E-state index contributed by atoms with van der Waals surface area (Å²) in [6, 6.07) is 26.6. The molecule has 0 amide bonds. The van der Waals surface area contributed by atoms with E-state index in [0.29, 0.717) is 6.54 Å². The van der Waals surface area contributed by atoms with Crippen molar-refractivity contribution in [3.8, 4) is 11.5 Å². The van der Waals surface area contributed by atoms with E-state index < -0.39 is 6.10 Å². The zero-order valence-corrected chi connectivity index (χ0v) is 18.0. The molecular formula is C26H32NO3+. The van der Waals surface area contributed by atoms with Crippen molar-refractivity contribution in [2.45, 2.75) is 31.9 Å². The highest BCUT2D eigenvalue weighted by molar-refractivity contribution is 5.39. The quantitative estimate of drug-likeness (QED) is 0.542. The minimum atomic E-state index is -0.524. The van der Waals surface area contributed by atoms with Gasteiger partial charge in [0.25, 0.3) is 0 Å². The van der Waals surface area contributed by atoms with Gasteiger partial charge in [-0.1, -0.05) is 56.3 Å². The molecule has 0 radical (unpaired) electrons. The van der Waals surface area contributed by atoms with Gasteiger partial charge < -0.3 is 19.9 Å². The Balaban J connectivity index is 1.45. The van der Waals surface area contributed by atoms with Crippen molar-refractivity contribution < 1.29 is 19.9 Å². The summed E-state index contributed by atoms with van der Waals surface area (Å²) in [5, 5.41) is 12.3. The van der Waals surface area contributed by atoms with Gasteiger partial charge in [-0.05, 0) is 47.5 Å². The number of rotatable bonds is 10. The summed E-state index contributed by atoms with van der Waals surface area (Å²) in [7, 11) is 1.66. The van der Waals surface area contributed by atoms with E-state index in [9.17, 15) is 5.11 Å². The Kier molecular flexibility index (Phi) is 7.50. The number of ether oxygens (including phenoxy) is 2. The summed E-state index contributed by atoms with van der Waals surface area (Å²) in [4.78, 5) is 0. The van der Waals surface area contributed by atoms with Gasteiger partial charge in [-0.2, -0.15) is 0 Å². The average Bonchev–Trinajstić information content (AvgIpc) is 2.79. The molecule has 3 aromatic carbocycles. The lowest BCUT2D eigenvalue weighted by Crippen LogP contribution is -2.85. The SMILES string of the molecule is COc1ccc(C[NH2+]C[C@H](O)COc2ccc(C(C)(C)c3ccccc3)cc2)cc1. The van der Waals surface area contributed by atoms with Gasteiger partial charge in [-0.15, -0.1) is 0 Å². The third-order valence-corrected chi connectivity index (χ3v) is 5.49. The fourth-order valence-electron chi connectivity index (χ4n) is 3.45. The van der Waals surface area contributed by atoms with Gasteiger partial charge in [0.05, 0.1) is 7.11 Å². The number of methoxy groups -OCH3 is 1. The Bertz CT molecular complexity index is 890. The second-order valence-electron chi connectivity index (χ2n) is 8.06. The van der Waals surface area contributed by atoms with Gasteiger partial charge in [-0.25, -0.2) is 0 Å². The molecule has 3 N–H and O–H groups in total. The lowest BCUT2D eigenvalue weighted by Gasteiger charge is -2.26. The molecule has 0 saturated heterocycles. The predicted octanol–water partition coefficient (Wildman–Crippen LogP) is 3.52. The monoisotopic (exact) mass is 406 g/mol. The maximum Gasteiger partial charge on any atom is 0.137 e. The van der Waals surface area contributed by atoms with Crippen LogP contribution in [0.25, 0.3) is 0 Å². The highest BCUT2D eigenvalue weighted by Crippen LogP contribution is 2.32. The van der Waals surface area contributed by atoms with E-state index in [1.54, 1.807) is 7.11 Å². The van der Waals surface area contributed by atoms with Crippen molar-refractivity contribution in [2.24, 2.45) is 0 Å². The normalized spacial score (nSPS) is 12.4. The molecule has 4 nitrogen and oxygen atoms in total. The molecule has 0 fully saturated rings. The molecule has 0 aliphatic rings. The molecule has 0 spiro atoms. The zero-order chi connectivity index (χ0) is 21.4. The first-order valence-electron chi connectivity index (χ1n) is 10.4. The number of hydrogen-bond acceptors (Lipinski definition) is 3. The van der Waals surface area contributed by atoms with E-state index >= 15 is 0 Å². The van der Waals surface area contributed by atoms with Crippen molar-refractivity contribution in [1.29, 1.82) is 0 Å². The van der Waals surface area contributed by atoms with Gasteiger partial charge >= 0.3 is 0 Å². The first kappa shape index (κ1) is 21.9. The largest absolute Gasteiger partial charge is 0.497 e. The Morgan fingerprint density at radius 2 is 1.43 bits per heavy atom. The van der Waals surface area contributed by atoms with Crippen LogP contribution >= 0.6 is 0 Å². The van der Waals surface area contributed by atoms with Crippen molar-refractivity contribution >= 4 is 0 Å². The fraction of sp³-hybridized carbons (Fsp3) is 0.308. The van der Waals surface area contributed by atoms with Crippen LogP contribution in [0.3, 0.4) is 0 Å². The molecule has 0 aliphatic heterocycles. The van der Waals surface area contributed by atoms with Gasteiger partial charge in [0.15, 0.2) is 0 Å². The topological polar surface area (TPSA) is 55.3 Å². The summed E-state index contributed by atoms with van der Waals surface area (Å²) in [5.74, 6) is 1.63. The van der Waals surface area contributed by atoms with E-state index in [1.807, 2.05) is 42.5 Å². The van der Waals surface area contributed by atoms with Gasteiger partial charge in [0.2, 0.25) is 0 Å². The molecule has 158 valence electrons. The summed E-state index contributed by atoms with van der Waals surface area (Å²) in [5.41, 5.74) is 3.63. The first-order valence-corrected chi connectivity index (χ1v) is 10.4. The van der Waals surface area contributed by atoms with Crippen molar-refractivity contribution in [2.75, 3.05) is 20.3 Å². The summed E-state index contributed by atoms with van der Waals surface area (Å²) in [6.07, 6.45) is -0.524. The Hall–Kier alpha value is -2.82. The lowest BCUT2D eigenvalue weighted by molar-refractivity contribution is -0.676. The molecule has 30 heavy (non-hydrogen) atoms. The summed E-state index contributed by atoms with van der Waals surface area (Å²) < 4.78 is 11.0. The van der Waals surface area contributed by atoms with Crippen LogP contribution in [0.1, 0.15) is 30.5 Å². The number of aliphatic hydroxyl groups excluding tert-OH is 1. The number of quaternary nitrogens is 1. The van der Waals surface area contributed by atoms with Crippen LogP contribution in [0.2, 0.25) is 0 Å². The molecule has 0 aromatic heterocycles. The standard InChI is InChI=1S/C26H31NO3/c1-26(2,21-7-5-4-6-8-21)22-11-15-25(16-12-22)30-19-23(28)18-27-17-20-9-13-24(29-3)14-10-20/h4-16,23,27-28H,17-19H2,1-3H3/p+1/t23-/m0/s1. The van der Waals surface area contributed by atoms with Crippen LogP contribution in [0.5, 0.6) is 11.5 Å². The lowest BCUT2D eigenvalue weighted by atomic mass is 9.78. The minimum absolute atomic E-state index is 0.0737. The molecule has 0 aliphatic carbocycles. The molecule has 4 heteroatoms. The van der Waals surface area contributed by atoms with E-state index in [-0.39, 0.29) is 12.0 Å². The smallest absolute Gasteiger partial charge is 0.137 e. The molecule has 3 aromatic rings. The zero-order valence-electron chi connectivity index (χ0n) is 18.0. The first-order chi connectivity index (χ1) is 14.5. The molecule has 3 rings (SSSR count). The number of aliphatic hydroxyl groups is 1. The summed E-state index contributed by atoms with van der Waals surface area (Å²) >= 11 is 0. The Morgan fingerprint density at radius 1 is 0.833 bits per heavy atom. The van der Waals surface area contributed by atoms with Crippen LogP contribution in [-0.4, -0.2) is 31.5 Å². The maximum atomic E-state index is 10.2. The summed E-state index contributed by atoms with van der Waals surface area (Å²) in [6.45, 7) is 6.12. The highest BCUT2D eigenvalue weighted by Gasteiger charge is 2.22. The van der Waals surface area contributed by atoms with E-state index in [1.165, 1.54) is 16.7 Å². The van der Waals surface area contributed by atoms with Gasteiger partial charge in [0.1, 0.15) is 37.3 Å². The van der Waals surface area contributed by atoms with Crippen LogP contribution in [0.4, 0.5) is 0 Å². The molecule has 0 unspecified atom stereocenters. The Morgan fingerprint density at radius 3 is 2.07 bits per heavy atom. The second kappa shape index (κ2) is 10.3. The molecule has 0 saturated carbocycles. The van der Waals surface area contributed by atoms with E-state index in [0.717, 1.165) is 18.0 Å². The minimum Gasteiger partial charge on any atom is -0.497 e. The van der Waals surface area contributed by atoms with Gasteiger partial charge in [-0.3, -0.25) is 0 Å². The molecule has 0 bridgehead atoms.